The molecule has 2 aliphatic rings. The average molecular weight is 367 g/mol. The Morgan fingerprint density at radius 1 is 1.44 bits per heavy atom. The van der Waals surface area contributed by atoms with E-state index in [9.17, 15) is 4.79 Å². The van der Waals surface area contributed by atoms with Crippen molar-refractivity contribution in [1.82, 2.24) is 4.98 Å². The lowest BCUT2D eigenvalue weighted by Gasteiger charge is -2.23. The lowest BCUT2D eigenvalue weighted by atomic mass is 9.88. The molecule has 1 fully saturated rings. The summed E-state index contributed by atoms with van der Waals surface area (Å²) in [6.07, 6.45) is 8.86. The second kappa shape index (κ2) is 9.10. The molecule has 0 saturated carbocycles. The molecule has 3 unspecified atom stereocenters. The summed E-state index contributed by atoms with van der Waals surface area (Å²) in [7, 11) is 0. The summed E-state index contributed by atoms with van der Waals surface area (Å²) in [5.41, 5.74) is 1.18. The molecule has 1 N–H and O–H groups in total. The molecule has 5 nitrogen and oxygen atoms in total. The molecule has 0 spiro atoms. The zero-order valence-electron chi connectivity index (χ0n) is 15.4. The highest BCUT2D eigenvalue weighted by molar-refractivity contribution is 7.15. The molecule has 0 aromatic carbocycles. The van der Waals surface area contributed by atoms with E-state index in [1.807, 2.05) is 0 Å². The van der Waals surface area contributed by atoms with Crippen LogP contribution in [0.3, 0.4) is 0 Å². The van der Waals surface area contributed by atoms with Crippen molar-refractivity contribution in [2.75, 3.05) is 18.5 Å². The second-order valence-corrected chi connectivity index (χ2v) is 8.32. The molecular weight excluding hydrogens is 336 g/mol. The van der Waals surface area contributed by atoms with Crippen LogP contribution in [0.25, 0.3) is 0 Å². The van der Waals surface area contributed by atoms with Gasteiger partial charge in [-0.3, -0.25) is 10.1 Å². The largest absolute Gasteiger partial charge is 0.376 e. The second-order valence-electron chi connectivity index (χ2n) is 7.24. The van der Waals surface area contributed by atoms with Crippen LogP contribution in [0.1, 0.15) is 62.9 Å². The first kappa shape index (κ1) is 18.8. The Bertz CT molecular complexity index is 569. The molecule has 1 aromatic heterocycles. The number of carbonyl (C=O) groups is 1. The third-order valence-corrected chi connectivity index (χ3v) is 6.18. The van der Waals surface area contributed by atoms with Crippen LogP contribution < -0.4 is 5.32 Å². The predicted octanol–water partition coefficient (Wildman–Crippen LogP) is 3.96. The number of thiazole rings is 1. The minimum atomic E-state index is -0.487. The fourth-order valence-electron chi connectivity index (χ4n) is 3.62. The van der Waals surface area contributed by atoms with Crippen molar-refractivity contribution in [3.8, 4) is 0 Å². The summed E-state index contributed by atoms with van der Waals surface area (Å²) in [4.78, 5) is 18.3. The molecule has 1 aliphatic carbocycles. The molecule has 1 amide bonds. The summed E-state index contributed by atoms with van der Waals surface area (Å²) in [6, 6.07) is 0. The molecule has 3 rings (SSSR count). The van der Waals surface area contributed by atoms with Crippen LogP contribution in [0, 0.1) is 5.92 Å². The van der Waals surface area contributed by atoms with Crippen molar-refractivity contribution < 1.29 is 14.3 Å². The number of nitrogens with zero attached hydrogens (tertiary/aromatic N) is 1. The molecule has 0 bridgehead atoms. The number of carbonyl (C=O) groups excluding carboxylic acids is 1. The predicted molar refractivity (Wildman–Crippen MR) is 100 cm³/mol. The van der Waals surface area contributed by atoms with E-state index in [2.05, 4.69) is 17.2 Å². The van der Waals surface area contributed by atoms with Gasteiger partial charge in [0.2, 0.25) is 0 Å². The lowest BCUT2D eigenvalue weighted by molar-refractivity contribution is -0.130. The van der Waals surface area contributed by atoms with Crippen molar-refractivity contribution in [2.45, 2.75) is 77.4 Å². The van der Waals surface area contributed by atoms with Gasteiger partial charge >= 0.3 is 0 Å². The smallest absolute Gasteiger partial charge is 0.254 e. The standard InChI is InChI=1S/C19H30N2O3S/c1-3-6-14-8-9-16-17(11-14)25-19(20-16)21-18(22)13(2)24-12-15-7-4-5-10-23-15/h13-15H,3-12H2,1-2H3,(H,20,21,22). The van der Waals surface area contributed by atoms with Crippen LogP contribution in [-0.4, -0.2) is 36.3 Å². The van der Waals surface area contributed by atoms with Gasteiger partial charge < -0.3 is 9.47 Å². The summed E-state index contributed by atoms with van der Waals surface area (Å²) in [5, 5.41) is 3.66. The number of rotatable bonds is 7. The van der Waals surface area contributed by atoms with Crippen LogP contribution in [0.15, 0.2) is 0 Å². The molecule has 2 heterocycles. The zero-order chi connectivity index (χ0) is 17.6. The van der Waals surface area contributed by atoms with E-state index < -0.39 is 6.10 Å². The number of nitrogens with one attached hydrogen (secondary N) is 1. The fraction of sp³-hybridized carbons (Fsp3) is 0.789. The highest BCUT2D eigenvalue weighted by atomic mass is 32.1. The van der Waals surface area contributed by atoms with E-state index in [1.165, 1.54) is 36.3 Å². The van der Waals surface area contributed by atoms with Gasteiger partial charge in [-0.1, -0.05) is 19.8 Å². The summed E-state index contributed by atoms with van der Waals surface area (Å²) in [5.74, 6) is 0.659. The SMILES string of the molecule is CCCC1CCc2nc(NC(=O)C(C)OCC3CCCCO3)sc2C1. The quantitative estimate of drug-likeness (QED) is 0.793. The highest BCUT2D eigenvalue weighted by Crippen LogP contribution is 2.34. The third kappa shape index (κ3) is 5.25. The monoisotopic (exact) mass is 366 g/mol. The first-order valence-electron chi connectivity index (χ1n) is 9.68. The van der Waals surface area contributed by atoms with Crippen LogP contribution >= 0.6 is 11.3 Å². The molecule has 1 aromatic rings. The number of amides is 1. The molecule has 1 saturated heterocycles. The fourth-order valence-corrected chi connectivity index (χ4v) is 4.75. The number of aromatic nitrogens is 1. The van der Waals surface area contributed by atoms with E-state index in [4.69, 9.17) is 9.47 Å². The van der Waals surface area contributed by atoms with Crippen LogP contribution in [0.4, 0.5) is 5.13 Å². The number of hydrogen-bond donors (Lipinski definition) is 1. The Hall–Kier alpha value is -0.980. The van der Waals surface area contributed by atoms with Crippen molar-refractivity contribution in [2.24, 2.45) is 5.92 Å². The Morgan fingerprint density at radius 2 is 2.32 bits per heavy atom. The Morgan fingerprint density at radius 3 is 3.08 bits per heavy atom. The normalized spacial score (nSPS) is 24.6. The van der Waals surface area contributed by atoms with Gasteiger partial charge in [0.25, 0.3) is 5.91 Å². The third-order valence-electron chi connectivity index (χ3n) is 5.14. The van der Waals surface area contributed by atoms with Gasteiger partial charge in [0.15, 0.2) is 5.13 Å². The Kier molecular flexibility index (Phi) is 6.84. The van der Waals surface area contributed by atoms with Gasteiger partial charge in [-0.2, -0.15) is 0 Å². The van der Waals surface area contributed by atoms with E-state index in [-0.39, 0.29) is 12.0 Å². The van der Waals surface area contributed by atoms with Crippen LogP contribution in [0.2, 0.25) is 0 Å². The van der Waals surface area contributed by atoms with Crippen molar-refractivity contribution in [3.05, 3.63) is 10.6 Å². The van der Waals surface area contributed by atoms with Gasteiger partial charge in [-0.05, 0) is 51.4 Å². The molecule has 6 heteroatoms. The van der Waals surface area contributed by atoms with Gasteiger partial charge in [0, 0.05) is 11.5 Å². The molecule has 0 radical (unpaired) electrons. The minimum Gasteiger partial charge on any atom is -0.376 e. The van der Waals surface area contributed by atoms with Crippen molar-refractivity contribution in [1.29, 1.82) is 0 Å². The maximum absolute atomic E-state index is 12.4. The number of ether oxygens (including phenoxy) is 2. The molecule has 25 heavy (non-hydrogen) atoms. The van der Waals surface area contributed by atoms with Crippen molar-refractivity contribution >= 4 is 22.4 Å². The average Bonchev–Trinajstić information content (AvgIpc) is 3.02. The molecule has 140 valence electrons. The van der Waals surface area contributed by atoms with E-state index in [0.717, 1.165) is 43.3 Å². The molecular formula is C19H30N2O3S. The maximum Gasteiger partial charge on any atom is 0.254 e. The van der Waals surface area contributed by atoms with E-state index in [0.29, 0.717) is 6.61 Å². The van der Waals surface area contributed by atoms with Gasteiger partial charge in [-0.25, -0.2) is 4.98 Å². The Balaban J connectivity index is 1.47. The first-order chi connectivity index (χ1) is 12.2. The van der Waals surface area contributed by atoms with E-state index >= 15 is 0 Å². The minimum absolute atomic E-state index is 0.119. The number of aryl methyl sites for hydroxylation is 1. The first-order valence-corrected chi connectivity index (χ1v) is 10.5. The van der Waals surface area contributed by atoms with Crippen LogP contribution in [-0.2, 0) is 27.1 Å². The number of anilines is 1. The number of hydrogen-bond acceptors (Lipinski definition) is 5. The lowest BCUT2D eigenvalue weighted by Crippen LogP contribution is -2.32. The van der Waals surface area contributed by atoms with Gasteiger partial charge in [-0.15, -0.1) is 11.3 Å². The maximum atomic E-state index is 12.4. The highest BCUT2D eigenvalue weighted by Gasteiger charge is 2.24. The summed E-state index contributed by atoms with van der Waals surface area (Å²) in [6.45, 7) is 5.33. The van der Waals surface area contributed by atoms with Gasteiger partial charge in [0.05, 0.1) is 18.4 Å². The van der Waals surface area contributed by atoms with Crippen LogP contribution in [0.5, 0.6) is 0 Å². The van der Waals surface area contributed by atoms with Crippen molar-refractivity contribution in [3.63, 3.8) is 0 Å². The van der Waals surface area contributed by atoms with Gasteiger partial charge in [0.1, 0.15) is 6.10 Å². The summed E-state index contributed by atoms with van der Waals surface area (Å²) >= 11 is 1.63. The zero-order valence-corrected chi connectivity index (χ0v) is 16.2. The number of fused-ring (bicyclic) bond motifs is 1. The summed E-state index contributed by atoms with van der Waals surface area (Å²) < 4.78 is 11.4. The van der Waals surface area contributed by atoms with E-state index in [1.54, 1.807) is 18.3 Å². The Labute approximate surface area is 154 Å². The molecule has 1 aliphatic heterocycles. The topological polar surface area (TPSA) is 60.5 Å². The molecule has 3 atom stereocenters.